The molecule has 0 atom stereocenters. The number of carbonyl (C=O) groups excluding carboxylic acids is 1. The van der Waals surface area contributed by atoms with Crippen LogP contribution in [-0.4, -0.2) is 15.9 Å². The summed E-state index contributed by atoms with van der Waals surface area (Å²) in [5.74, 6) is 0.554. The van der Waals surface area contributed by atoms with Crippen LogP contribution in [0.3, 0.4) is 0 Å². The van der Waals surface area contributed by atoms with E-state index in [4.69, 9.17) is 4.42 Å². The van der Waals surface area contributed by atoms with Gasteiger partial charge < -0.3 is 9.73 Å². The lowest BCUT2D eigenvalue weighted by Gasteiger charge is -2.07. The van der Waals surface area contributed by atoms with Crippen molar-refractivity contribution in [3.63, 3.8) is 0 Å². The van der Waals surface area contributed by atoms with Crippen LogP contribution < -0.4 is 5.32 Å². The van der Waals surface area contributed by atoms with Gasteiger partial charge in [0.25, 0.3) is 0 Å². The van der Waals surface area contributed by atoms with Gasteiger partial charge in [0.05, 0.1) is 6.42 Å². The second-order valence-electron chi connectivity index (χ2n) is 6.52. The Morgan fingerprint density at radius 3 is 2.59 bits per heavy atom. The minimum absolute atomic E-state index is 0.0675. The van der Waals surface area contributed by atoms with Crippen LogP contribution >= 0.6 is 0 Å². The van der Waals surface area contributed by atoms with Gasteiger partial charge >= 0.3 is 0 Å². The van der Waals surface area contributed by atoms with Crippen LogP contribution in [0.5, 0.6) is 0 Å². The van der Waals surface area contributed by atoms with Crippen molar-refractivity contribution in [3.8, 4) is 11.1 Å². The SMILES string of the molecule is Cc1cc(-c2ccc(NC(=O)Cc3ccc4oc(C)nc4c3)cc2)ccn1. The first-order valence-corrected chi connectivity index (χ1v) is 8.76. The number of hydrogen-bond donors (Lipinski definition) is 1. The van der Waals surface area contributed by atoms with Crippen molar-refractivity contribution in [2.45, 2.75) is 20.3 Å². The van der Waals surface area contributed by atoms with Crippen LogP contribution in [0.1, 0.15) is 17.1 Å². The molecule has 4 rings (SSSR count). The zero-order valence-electron chi connectivity index (χ0n) is 15.2. The summed E-state index contributed by atoms with van der Waals surface area (Å²) in [6.07, 6.45) is 2.08. The van der Waals surface area contributed by atoms with Crippen molar-refractivity contribution in [2.24, 2.45) is 0 Å². The Balaban J connectivity index is 1.44. The Bertz CT molecular complexity index is 1110. The van der Waals surface area contributed by atoms with E-state index in [1.165, 1.54) is 0 Å². The summed E-state index contributed by atoms with van der Waals surface area (Å²) in [5.41, 5.74) is 6.35. The molecule has 27 heavy (non-hydrogen) atoms. The molecule has 0 saturated heterocycles. The smallest absolute Gasteiger partial charge is 0.228 e. The van der Waals surface area contributed by atoms with Gasteiger partial charge in [-0.15, -0.1) is 0 Å². The summed E-state index contributed by atoms with van der Waals surface area (Å²) in [7, 11) is 0. The second kappa shape index (κ2) is 7.03. The van der Waals surface area contributed by atoms with E-state index >= 15 is 0 Å². The van der Waals surface area contributed by atoms with Gasteiger partial charge in [-0.3, -0.25) is 9.78 Å². The highest BCUT2D eigenvalue weighted by atomic mass is 16.3. The number of nitrogens with zero attached hydrogens (tertiary/aromatic N) is 2. The van der Waals surface area contributed by atoms with Gasteiger partial charge in [-0.2, -0.15) is 0 Å². The molecule has 0 fully saturated rings. The first kappa shape index (κ1) is 17.0. The number of nitrogens with one attached hydrogen (secondary N) is 1. The summed E-state index contributed by atoms with van der Waals surface area (Å²) in [4.78, 5) is 20.9. The topological polar surface area (TPSA) is 68.0 Å². The van der Waals surface area contributed by atoms with E-state index in [9.17, 15) is 4.79 Å². The maximum atomic E-state index is 12.4. The lowest BCUT2D eigenvalue weighted by molar-refractivity contribution is -0.115. The Hall–Kier alpha value is -3.47. The molecule has 5 nitrogen and oxygen atoms in total. The van der Waals surface area contributed by atoms with Gasteiger partial charge in [0.1, 0.15) is 5.52 Å². The summed E-state index contributed by atoms with van der Waals surface area (Å²) in [6.45, 7) is 3.78. The van der Waals surface area contributed by atoms with E-state index in [-0.39, 0.29) is 12.3 Å². The molecule has 0 spiro atoms. The van der Waals surface area contributed by atoms with Crippen LogP contribution in [-0.2, 0) is 11.2 Å². The van der Waals surface area contributed by atoms with Crippen LogP contribution in [0.2, 0.25) is 0 Å². The second-order valence-corrected chi connectivity index (χ2v) is 6.52. The zero-order chi connectivity index (χ0) is 18.8. The molecule has 1 N–H and O–H groups in total. The average Bonchev–Trinajstić information content (AvgIpc) is 3.01. The third-order valence-electron chi connectivity index (χ3n) is 4.32. The first-order valence-electron chi connectivity index (χ1n) is 8.76. The molecular weight excluding hydrogens is 338 g/mol. The highest BCUT2D eigenvalue weighted by Gasteiger charge is 2.08. The third kappa shape index (κ3) is 3.87. The molecule has 0 aliphatic rings. The van der Waals surface area contributed by atoms with Gasteiger partial charge in [-0.25, -0.2) is 4.98 Å². The van der Waals surface area contributed by atoms with Crippen LogP contribution in [0.25, 0.3) is 22.2 Å². The van der Waals surface area contributed by atoms with Crippen molar-refractivity contribution in [1.29, 1.82) is 0 Å². The Labute approximate surface area is 157 Å². The fraction of sp³-hybridized carbons (Fsp3) is 0.136. The molecule has 2 aromatic heterocycles. The lowest BCUT2D eigenvalue weighted by Crippen LogP contribution is -2.14. The number of anilines is 1. The maximum Gasteiger partial charge on any atom is 0.228 e. The molecule has 0 aliphatic carbocycles. The van der Waals surface area contributed by atoms with Crippen molar-refractivity contribution in [3.05, 3.63) is 77.9 Å². The molecule has 0 aliphatic heterocycles. The predicted molar refractivity (Wildman–Crippen MR) is 105 cm³/mol. The molecule has 2 heterocycles. The molecule has 0 saturated carbocycles. The molecule has 5 heteroatoms. The zero-order valence-corrected chi connectivity index (χ0v) is 15.2. The summed E-state index contributed by atoms with van der Waals surface area (Å²) >= 11 is 0. The minimum atomic E-state index is -0.0675. The highest BCUT2D eigenvalue weighted by Crippen LogP contribution is 2.22. The van der Waals surface area contributed by atoms with Crippen LogP contribution in [0.4, 0.5) is 5.69 Å². The van der Waals surface area contributed by atoms with E-state index in [0.717, 1.165) is 39.2 Å². The number of fused-ring (bicyclic) bond motifs is 1. The number of benzene rings is 2. The molecular formula is C22H19N3O2. The van der Waals surface area contributed by atoms with Gasteiger partial charge in [0.15, 0.2) is 11.5 Å². The fourth-order valence-corrected chi connectivity index (χ4v) is 3.06. The van der Waals surface area contributed by atoms with Crippen LogP contribution in [0.15, 0.2) is 65.2 Å². The normalized spacial score (nSPS) is 10.9. The Kier molecular flexibility index (Phi) is 4.42. The Morgan fingerprint density at radius 1 is 1.00 bits per heavy atom. The van der Waals surface area contributed by atoms with E-state index in [1.807, 2.05) is 68.4 Å². The predicted octanol–water partition coefficient (Wildman–Crippen LogP) is 4.69. The fourth-order valence-electron chi connectivity index (χ4n) is 3.06. The van der Waals surface area contributed by atoms with Crippen molar-refractivity contribution in [2.75, 3.05) is 5.32 Å². The van der Waals surface area contributed by atoms with Crippen molar-refractivity contribution < 1.29 is 9.21 Å². The number of aromatic nitrogens is 2. The van der Waals surface area contributed by atoms with Crippen molar-refractivity contribution >= 4 is 22.7 Å². The summed E-state index contributed by atoms with van der Waals surface area (Å²) < 4.78 is 5.46. The standard InChI is InChI=1S/C22H19N3O2/c1-14-11-18(9-10-23-14)17-4-6-19(7-5-17)25-22(26)13-16-3-8-21-20(12-16)24-15(2)27-21/h3-12H,13H2,1-2H3,(H,25,26). The van der Waals surface area contributed by atoms with Crippen molar-refractivity contribution in [1.82, 2.24) is 9.97 Å². The number of amides is 1. The molecule has 4 aromatic rings. The molecule has 0 bridgehead atoms. The molecule has 0 radical (unpaired) electrons. The van der Waals surface area contributed by atoms with Crippen LogP contribution in [0, 0.1) is 13.8 Å². The number of hydrogen-bond acceptors (Lipinski definition) is 4. The lowest BCUT2D eigenvalue weighted by atomic mass is 10.1. The number of aryl methyl sites for hydroxylation is 2. The maximum absolute atomic E-state index is 12.4. The monoisotopic (exact) mass is 357 g/mol. The molecule has 0 unspecified atom stereocenters. The molecule has 2 aromatic carbocycles. The van der Waals surface area contributed by atoms with Gasteiger partial charge in [-0.05, 0) is 60.0 Å². The summed E-state index contributed by atoms with van der Waals surface area (Å²) in [6, 6.07) is 17.5. The minimum Gasteiger partial charge on any atom is -0.441 e. The number of oxazole rings is 1. The molecule has 1 amide bonds. The van der Waals surface area contributed by atoms with E-state index < -0.39 is 0 Å². The van der Waals surface area contributed by atoms with Gasteiger partial charge in [0.2, 0.25) is 5.91 Å². The van der Waals surface area contributed by atoms with Gasteiger partial charge in [-0.1, -0.05) is 18.2 Å². The quantitative estimate of drug-likeness (QED) is 0.575. The third-order valence-corrected chi connectivity index (χ3v) is 4.32. The number of rotatable bonds is 4. The highest BCUT2D eigenvalue weighted by molar-refractivity contribution is 5.93. The van der Waals surface area contributed by atoms with E-state index in [2.05, 4.69) is 15.3 Å². The Morgan fingerprint density at radius 2 is 1.81 bits per heavy atom. The van der Waals surface area contributed by atoms with E-state index in [1.54, 1.807) is 6.20 Å². The number of carbonyl (C=O) groups is 1. The first-order chi connectivity index (χ1) is 13.1. The largest absolute Gasteiger partial charge is 0.441 e. The summed E-state index contributed by atoms with van der Waals surface area (Å²) in [5, 5.41) is 2.94. The van der Waals surface area contributed by atoms with E-state index in [0.29, 0.717) is 5.89 Å². The average molecular weight is 357 g/mol. The number of pyridine rings is 1. The molecule has 134 valence electrons. The van der Waals surface area contributed by atoms with Gasteiger partial charge in [0, 0.05) is 24.5 Å².